The van der Waals surface area contributed by atoms with Crippen LogP contribution in [0, 0.1) is 0 Å². The standard InChI is InChI=1S/C18H14BrCl2N3O3S/c1-26-15-5-10(7-22-24-18-23-16(25)9-28-18)4-13(19)17(15)27-8-11-2-3-12(20)6-14(11)21/h2-7H,8-9H2,1H3,(H,23,24,25). The van der Waals surface area contributed by atoms with Crippen LogP contribution in [0.25, 0.3) is 0 Å². The highest BCUT2D eigenvalue weighted by atomic mass is 79.9. The number of rotatable bonds is 6. The lowest BCUT2D eigenvalue weighted by Gasteiger charge is -2.14. The van der Waals surface area contributed by atoms with Gasteiger partial charge in [0.15, 0.2) is 16.7 Å². The van der Waals surface area contributed by atoms with E-state index >= 15 is 0 Å². The molecule has 0 aliphatic carbocycles. The van der Waals surface area contributed by atoms with E-state index in [2.05, 4.69) is 31.4 Å². The topological polar surface area (TPSA) is 72.3 Å². The number of nitrogens with zero attached hydrogens (tertiary/aromatic N) is 2. The van der Waals surface area contributed by atoms with Crippen LogP contribution in [-0.2, 0) is 11.4 Å². The average molecular weight is 503 g/mol. The van der Waals surface area contributed by atoms with Gasteiger partial charge in [0.2, 0.25) is 5.91 Å². The van der Waals surface area contributed by atoms with E-state index < -0.39 is 0 Å². The third-order valence-corrected chi connectivity index (χ3v) is 5.62. The molecule has 6 nitrogen and oxygen atoms in total. The molecule has 28 heavy (non-hydrogen) atoms. The Balaban J connectivity index is 1.74. The van der Waals surface area contributed by atoms with E-state index in [4.69, 9.17) is 32.7 Å². The van der Waals surface area contributed by atoms with E-state index in [-0.39, 0.29) is 12.5 Å². The van der Waals surface area contributed by atoms with Gasteiger partial charge in [0, 0.05) is 15.6 Å². The Morgan fingerprint density at radius 2 is 2.14 bits per heavy atom. The highest BCUT2D eigenvalue weighted by Gasteiger charge is 2.16. The van der Waals surface area contributed by atoms with Gasteiger partial charge in [-0.15, -0.1) is 5.10 Å². The molecule has 1 fully saturated rings. The van der Waals surface area contributed by atoms with Crippen LogP contribution in [-0.4, -0.2) is 30.2 Å². The Bertz CT molecular complexity index is 969. The molecule has 0 radical (unpaired) electrons. The lowest BCUT2D eigenvalue weighted by Crippen LogP contribution is -2.19. The van der Waals surface area contributed by atoms with Crippen LogP contribution in [0.1, 0.15) is 11.1 Å². The zero-order valence-electron chi connectivity index (χ0n) is 14.5. The largest absolute Gasteiger partial charge is 0.493 e. The zero-order valence-corrected chi connectivity index (χ0v) is 18.5. The molecule has 3 rings (SSSR count). The molecule has 1 amide bonds. The van der Waals surface area contributed by atoms with Crippen molar-refractivity contribution in [2.75, 3.05) is 12.9 Å². The van der Waals surface area contributed by atoms with E-state index in [1.165, 1.54) is 11.8 Å². The summed E-state index contributed by atoms with van der Waals surface area (Å²) in [4.78, 5) is 11.1. The van der Waals surface area contributed by atoms with Gasteiger partial charge in [0.05, 0.1) is 23.5 Å². The number of carbonyl (C=O) groups excluding carboxylic acids is 1. The molecule has 0 atom stereocenters. The van der Waals surface area contributed by atoms with Gasteiger partial charge >= 0.3 is 0 Å². The van der Waals surface area contributed by atoms with Gasteiger partial charge in [0.25, 0.3) is 0 Å². The fraction of sp³-hybridized carbons (Fsp3) is 0.167. The Labute approximate surface area is 184 Å². The Kier molecular flexibility index (Phi) is 7.23. The highest BCUT2D eigenvalue weighted by molar-refractivity contribution is 9.10. The predicted octanol–water partition coefficient (Wildman–Crippen LogP) is 4.90. The highest BCUT2D eigenvalue weighted by Crippen LogP contribution is 2.37. The van der Waals surface area contributed by atoms with Gasteiger partial charge in [-0.2, -0.15) is 5.10 Å². The number of carbonyl (C=O) groups is 1. The van der Waals surface area contributed by atoms with Crippen LogP contribution in [0.15, 0.2) is 45.0 Å². The smallest absolute Gasteiger partial charge is 0.236 e. The first-order valence-corrected chi connectivity index (χ1v) is 10.5. The van der Waals surface area contributed by atoms with E-state index in [0.29, 0.717) is 36.9 Å². The van der Waals surface area contributed by atoms with Gasteiger partial charge in [-0.05, 0) is 45.8 Å². The molecule has 10 heteroatoms. The van der Waals surface area contributed by atoms with Gasteiger partial charge in [-0.25, -0.2) is 0 Å². The number of methoxy groups -OCH3 is 1. The summed E-state index contributed by atoms with van der Waals surface area (Å²) in [5.74, 6) is 1.34. The third kappa shape index (κ3) is 5.41. The first-order valence-electron chi connectivity index (χ1n) is 7.94. The Hall–Kier alpha value is -1.74. The molecule has 0 saturated carbocycles. The van der Waals surface area contributed by atoms with Gasteiger partial charge in [-0.1, -0.05) is 41.0 Å². The van der Waals surface area contributed by atoms with E-state index in [1.54, 1.807) is 31.5 Å². The maximum absolute atomic E-state index is 11.1. The van der Waals surface area contributed by atoms with Crippen LogP contribution >= 0.6 is 50.9 Å². The number of hydrogen-bond donors (Lipinski definition) is 1. The molecule has 2 aromatic carbocycles. The second-order valence-corrected chi connectivity index (χ2v) is 8.21. The first kappa shape index (κ1) is 21.0. The van der Waals surface area contributed by atoms with Gasteiger partial charge in [-0.3, -0.25) is 4.79 Å². The fourth-order valence-corrected chi connectivity index (χ4v) is 3.94. The quantitative estimate of drug-likeness (QED) is 0.450. The molecule has 0 unspecified atom stereocenters. The molecule has 0 aromatic heterocycles. The summed E-state index contributed by atoms with van der Waals surface area (Å²) in [6, 6.07) is 8.83. The Morgan fingerprint density at radius 3 is 2.82 bits per heavy atom. The van der Waals surface area contributed by atoms with Crippen molar-refractivity contribution in [1.82, 2.24) is 5.32 Å². The van der Waals surface area contributed by atoms with Crippen molar-refractivity contribution in [3.8, 4) is 11.5 Å². The molecule has 146 valence electrons. The minimum Gasteiger partial charge on any atom is -0.493 e. The van der Waals surface area contributed by atoms with Gasteiger partial charge in [0.1, 0.15) is 6.61 Å². The van der Waals surface area contributed by atoms with Crippen molar-refractivity contribution in [1.29, 1.82) is 0 Å². The van der Waals surface area contributed by atoms with E-state index in [1.807, 2.05) is 12.1 Å². The summed E-state index contributed by atoms with van der Waals surface area (Å²) in [6.07, 6.45) is 1.56. The molecule has 2 aromatic rings. The summed E-state index contributed by atoms with van der Waals surface area (Å²) in [5.41, 5.74) is 1.55. The number of amidine groups is 1. The monoisotopic (exact) mass is 501 g/mol. The molecule has 1 aliphatic heterocycles. The van der Waals surface area contributed by atoms with Crippen LogP contribution in [0.3, 0.4) is 0 Å². The summed E-state index contributed by atoms with van der Waals surface area (Å²) in [7, 11) is 1.55. The molecule has 0 spiro atoms. The number of nitrogens with one attached hydrogen (secondary N) is 1. The van der Waals surface area contributed by atoms with Crippen LogP contribution in [0.5, 0.6) is 11.5 Å². The number of hydrogen-bond acceptors (Lipinski definition) is 6. The average Bonchev–Trinajstić information content (AvgIpc) is 3.07. The SMILES string of the molecule is COc1cc(C=NN=C2NC(=O)CS2)cc(Br)c1OCc1ccc(Cl)cc1Cl. The van der Waals surface area contributed by atoms with E-state index in [0.717, 1.165) is 11.1 Å². The van der Waals surface area contributed by atoms with Crippen molar-refractivity contribution in [2.45, 2.75) is 6.61 Å². The van der Waals surface area contributed by atoms with Gasteiger partial charge < -0.3 is 14.8 Å². The molecule has 1 N–H and O–H groups in total. The molecule has 1 heterocycles. The Morgan fingerprint density at radius 1 is 1.32 bits per heavy atom. The van der Waals surface area contributed by atoms with Crippen molar-refractivity contribution in [3.05, 3.63) is 56.0 Å². The summed E-state index contributed by atoms with van der Waals surface area (Å²) >= 11 is 16.9. The number of halogens is 3. The number of benzene rings is 2. The molecule has 1 saturated heterocycles. The fourth-order valence-electron chi connectivity index (χ4n) is 2.27. The second-order valence-electron chi connectivity index (χ2n) is 5.55. The number of amides is 1. The summed E-state index contributed by atoms with van der Waals surface area (Å²) < 4.78 is 12.0. The van der Waals surface area contributed by atoms with Crippen LogP contribution in [0.2, 0.25) is 10.0 Å². The molecule has 0 bridgehead atoms. The second kappa shape index (κ2) is 9.65. The van der Waals surface area contributed by atoms with Crippen molar-refractivity contribution >= 4 is 68.2 Å². The maximum Gasteiger partial charge on any atom is 0.236 e. The maximum atomic E-state index is 11.1. The molecule has 1 aliphatic rings. The number of ether oxygens (including phenoxy) is 2. The zero-order chi connectivity index (χ0) is 20.1. The predicted molar refractivity (Wildman–Crippen MR) is 117 cm³/mol. The normalized spacial score (nSPS) is 15.3. The van der Waals surface area contributed by atoms with E-state index in [9.17, 15) is 4.79 Å². The first-order chi connectivity index (χ1) is 13.5. The van der Waals surface area contributed by atoms with Crippen molar-refractivity contribution < 1.29 is 14.3 Å². The number of thioether (sulfide) groups is 1. The van der Waals surface area contributed by atoms with Crippen LogP contribution in [0.4, 0.5) is 0 Å². The molecular weight excluding hydrogens is 489 g/mol. The van der Waals surface area contributed by atoms with Crippen molar-refractivity contribution in [2.24, 2.45) is 10.2 Å². The third-order valence-electron chi connectivity index (χ3n) is 3.58. The molecular formula is C18H14BrCl2N3O3S. The minimum absolute atomic E-state index is 0.0781. The summed E-state index contributed by atoms with van der Waals surface area (Å²) in [5, 5.41) is 12.2. The lowest BCUT2D eigenvalue weighted by molar-refractivity contribution is -0.116. The minimum atomic E-state index is -0.0781. The van der Waals surface area contributed by atoms with Crippen LogP contribution < -0.4 is 14.8 Å². The summed E-state index contributed by atoms with van der Waals surface area (Å²) in [6.45, 7) is 0.253. The van der Waals surface area contributed by atoms with Crippen molar-refractivity contribution in [3.63, 3.8) is 0 Å². The lowest BCUT2D eigenvalue weighted by atomic mass is 10.2.